The van der Waals surface area contributed by atoms with Gasteiger partial charge >= 0.3 is 0 Å². The van der Waals surface area contributed by atoms with E-state index in [1.807, 2.05) is 0 Å². The van der Waals surface area contributed by atoms with E-state index in [0.717, 1.165) is 11.8 Å². The molecule has 18 heavy (non-hydrogen) atoms. The van der Waals surface area contributed by atoms with Crippen LogP contribution in [0.25, 0.3) is 0 Å². The maximum Gasteiger partial charge on any atom is 0.274 e. The van der Waals surface area contributed by atoms with Crippen LogP contribution in [-0.4, -0.2) is 40.2 Å². The molecular weight excluding hydrogens is 236 g/mol. The Bertz CT molecular complexity index is 445. The number of nitrogens with zero attached hydrogens (tertiary/aromatic N) is 4. The Balaban J connectivity index is 2.94. The van der Waals surface area contributed by atoms with Crippen LogP contribution in [0.2, 0.25) is 0 Å². The van der Waals surface area contributed by atoms with Crippen LogP contribution in [-0.2, 0) is 11.3 Å². The summed E-state index contributed by atoms with van der Waals surface area (Å²) in [5, 5.41) is 10.5. The molecule has 7 nitrogen and oxygen atoms in total. The standard InChI is InChI=1S/C11H14N4O3/c1-13(2)11(8-15(17)18)14(9-16)7-10-4-3-5-12-6-10/h3-6,8-9H,7H2,1-2H3/b11-8-. The van der Waals surface area contributed by atoms with Gasteiger partial charge in [0.15, 0.2) is 5.82 Å². The van der Waals surface area contributed by atoms with Crippen molar-refractivity contribution in [2.24, 2.45) is 0 Å². The normalized spacial score (nSPS) is 10.9. The molecule has 1 aromatic rings. The quantitative estimate of drug-likeness (QED) is 0.421. The SMILES string of the molecule is CN(C)/C(=C/[N+](=O)[O-])N(C=O)Cc1cccnc1. The fourth-order valence-electron chi connectivity index (χ4n) is 1.40. The third kappa shape index (κ3) is 3.85. The molecule has 0 aliphatic rings. The Morgan fingerprint density at radius 3 is 2.72 bits per heavy atom. The van der Waals surface area contributed by atoms with Crippen molar-refractivity contribution in [3.63, 3.8) is 0 Å². The van der Waals surface area contributed by atoms with Crippen molar-refractivity contribution in [3.05, 3.63) is 52.2 Å². The number of carbonyl (C=O) groups excluding carboxylic acids is 1. The monoisotopic (exact) mass is 250 g/mol. The van der Waals surface area contributed by atoms with Crippen LogP contribution in [0.3, 0.4) is 0 Å². The van der Waals surface area contributed by atoms with Crippen molar-refractivity contribution >= 4 is 6.41 Å². The second kappa shape index (κ2) is 6.33. The number of hydrogen-bond acceptors (Lipinski definition) is 5. The Morgan fingerprint density at radius 2 is 2.28 bits per heavy atom. The van der Waals surface area contributed by atoms with Gasteiger partial charge in [0.25, 0.3) is 6.20 Å². The largest absolute Gasteiger partial charge is 0.359 e. The fraction of sp³-hybridized carbons (Fsp3) is 0.273. The van der Waals surface area contributed by atoms with Gasteiger partial charge in [-0.05, 0) is 11.6 Å². The smallest absolute Gasteiger partial charge is 0.274 e. The van der Waals surface area contributed by atoms with Crippen LogP contribution in [0.1, 0.15) is 5.56 Å². The van der Waals surface area contributed by atoms with Gasteiger partial charge in [0.2, 0.25) is 6.41 Å². The number of aromatic nitrogens is 1. The number of rotatable bonds is 6. The highest BCUT2D eigenvalue weighted by molar-refractivity contribution is 5.50. The molecular formula is C11H14N4O3. The zero-order chi connectivity index (χ0) is 13.5. The van der Waals surface area contributed by atoms with Crippen LogP contribution in [0.15, 0.2) is 36.5 Å². The Labute approximate surface area is 104 Å². The predicted molar refractivity (Wildman–Crippen MR) is 64.6 cm³/mol. The lowest BCUT2D eigenvalue weighted by molar-refractivity contribution is -0.405. The maximum atomic E-state index is 11.1. The van der Waals surface area contributed by atoms with Gasteiger partial charge in [-0.15, -0.1) is 0 Å². The average Bonchev–Trinajstić information content (AvgIpc) is 2.34. The zero-order valence-electron chi connectivity index (χ0n) is 10.2. The number of hydrogen-bond donors (Lipinski definition) is 0. The van der Waals surface area contributed by atoms with Crippen LogP contribution in [0, 0.1) is 10.1 Å². The molecule has 0 bridgehead atoms. The van der Waals surface area contributed by atoms with E-state index in [0.29, 0.717) is 6.41 Å². The summed E-state index contributed by atoms with van der Waals surface area (Å²) >= 11 is 0. The number of carbonyl (C=O) groups is 1. The number of nitro groups is 1. The van der Waals surface area contributed by atoms with Crippen LogP contribution < -0.4 is 0 Å². The highest BCUT2D eigenvalue weighted by Gasteiger charge is 2.15. The molecule has 0 aliphatic heterocycles. The van der Waals surface area contributed by atoms with E-state index in [2.05, 4.69) is 4.98 Å². The van der Waals surface area contributed by atoms with Gasteiger partial charge in [-0.2, -0.15) is 0 Å². The lowest BCUT2D eigenvalue weighted by Crippen LogP contribution is -2.30. The van der Waals surface area contributed by atoms with E-state index < -0.39 is 4.92 Å². The second-order valence-corrected chi connectivity index (χ2v) is 3.76. The van der Waals surface area contributed by atoms with Crippen molar-refractivity contribution in [2.75, 3.05) is 14.1 Å². The summed E-state index contributed by atoms with van der Waals surface area (Å²) < 4.78 is 0. The molecule has 1 aromatic heterocycles. The summed E-state index contributed by atoms with van der Waals surface area (Å²) in [5.41, 5.74) is 0.792. The van der Waals surface area contributed by atoms with E-state index in [9.17, 15) is 14.9 Å². The third-order valence-electron chi connectivity index (χ3n) is 2.18. The molecule has 0 radical (unpaired) electrons. The summed E-state index contributed by atoms with van der Waals surface area (Å²) in [6.07, 6.45) is 4.58. The summed E-state index contributed by atoms with van der Waals surface area (Å²) in [6.45, 7) is 0.231. The molecule has 7 heteroatoms. The van der Waals surface area contributed by atoms with Crippen molar-refractivity contribution in [1.29, 1.82) is 0 Å². The predicted octanol–water partition coefficient (Wildman–Crippen LogP) is 0.677. The van der Waals surface area contributed by atoms with Crippen LogP contribution >= 0.6 is 0 Å². The Kier molecular flexibility index (Phi) is 4.79. The van der Waals surface area contributed by atoms with Gasteiger partial charge in [-0.25, -0.2) is 0 Å². The van der Waals surface area contributed by atoms with E-state index in [4.69, 9.17) is 0 Å². The lowest BCUT2D eigenvalue weighted by atomic mass is 10.3. The minimum atomic E-state index is -0.588. The topological polar surface area (TPSA) is 79.6 Å². The molecule has 96 valence electrons. The molecule has 0 saturated heterocycles. The van der Waals surface area contributed by atoms with E-state index in [1.54, 1.807) is 38.6 Å². The number of pyridine rings is 1. The highest BCUT2D eigenvalue weighted by atomic mass is 16.6. The molecule has 1 amide bonds. The number of amides is 1. The van der Waals surface area contributed by atoms with Gasteiger partial charge in [0.05, 0.1) is 11.5 Å². The maximum absolute atomic E-state index is 11.1. The molecule has 0 N–H and O–H groups in total. The summed E-state index contributed by atoms with van der Waals surface area (Å²) in [4.78, 5) is 27.7. The van der Waals surface area contributed by atoms with Gasteiger partial charge in [0.1, 0.15) is 0 Å². The molecule has 0 aromatic carbocycles. The van der Waals surface area contributed by atoms with Crippen molar-refractivity contribution in [2.45, 2.75) is 6.54 Å². The second-order valence-electron chi connectivity index (χ2n) is 3.76. The molecule has 0 atom stereocenters. The van der Waals surface area contributed by atoms with E-state index in [-0.39, 0.29) is 12.4 Å². The van der Waals surface area contributed by atoms with Crippen molar-refractivity contribution in [3.8, 4) is 0 Å². The van der Waals surface area contributed by atoms with Crippen LogP contribution in [0.4, 0.5) is 0 Å². The zero-order valence-corrected chi connectivity index (χ0v) is 10.2. The summed E-state index contributed by atoms with van der Waals surface area (Å²) in [7, 11) is 3.27. The van der Waals surface area contributed by atoms with Gasteiger partial charge in [-0.3, -0.25) is 24.8 Å². The fourth-order valence-corrected chi connectivity index (χ4v) is 1.40. The highest BCUT2D eigenvalue weighted by Crippen LogP contribution is 2.10. The van der Waals surface area contributed by atoms with Gasteiger partial charge in [0, 0.05) is 26.5 Å². The van der Waals surface area contributed by atoms with E-state index >= 15 is 0 Å². The molecule has 0 fully saturated rings. The Morgan fingerprint density at radius 1 is 1.56 bits per heavy atom. The molecule has 0 unspecified atom stereocenters. The lowest BCUT2D eigenvalue weighted by Gasteiger charge is -2.24. The molecule has 1 rings (SSSR count). The average molecular weight is 250 g/mol. The third-order valence-corrected chi connectivity index (χ3v) is 2.18. The first-order valence-corrected chi connectivity index (χ1v) is 5.18. The van der Waals surface area contributed by atoms with Crippen LogP contribution in [0.5, 0.6) is 0 Å². The first-order valence-electron chi connectivity index (χ1n) is 5.18. The van der Waals surface area contributed by atoms with Crippen molar-refractivity contribution < 1.29 is 9.72 Å². The molecule has 0 saturated carbocycles. The minimum Gasteiger partial charge on any atom is -0.359 e. The first kappa shape index (κ1) is 13.6. The van der Waals surface area contributed by atoms with Gasteiger partial charge in [-0.1, -0.05) is 6.07 Å². The van der Waals surface area contributed by atoms with Gasteiger partial charge < -0.3 is 4.90 Å². The molecule has 0 spiro atoms. The summed E-state index contributed by atoms with van der Waals surface area (Å²) in [6, 6.07) is 3.54. The first-order chi connectivity index (χ1) is 8.54. The molecule has 0 aliphatic carbocycles. The minimum absolute atomic E-state index is 0.207. The van der Waals surface area contributed by atoms with Crippen molar-refractivity contribution in [1.82, 2.24) is 14.8 Å². The Hall–Kier alpha value is -2.44. The van der Waals surface area contributed by atoms with E-state index in [1.165, 1.54) is 9.80 Å². The summed E-state index contributed by atoms with van der Waals surface area (Å²) in [5.74, 6) is 0.207. The molecule has 1 heterocycles.